The molecule has 0 radical (unpaired) electrons. The van der Waals surface area contributed by atoms with Gasteiger partial charge in [0.25, 0.3) is 0 Å². The van der Waals surface area contributed by atoms with Gasteiger partial charge in [0.1, 0.15) is 0 Å². The summed E-state index contributed by atoms with van der Waals surface area (Å²) >= 11 is 0. The van der Waals surface area contributed by atoms with Crippen LogP contribution in [0.1, 0.15) is 19.8 Å². The SMILES string of the molecule is CC1CCC(N)CN1CC(F)(F)F. The zero-order valence-electron chi connectivity index (χ0n) is 7.64. The molecule has 1 rings (SSSR count). The van der Waals surface area contributed by atoms with Gasteiger partial charge in [-0.25, -0.2) is 0 Å². The molecule has 0 amide bonds. The molecule has 2 N–H and O–H groups in total. The first-order chi connectivity index (χ1) is 5.88. The number of hydrogen-bond acceptors (Lipinski definition) is 2. The Kier molecular flexibility index (Phi) is 3.18. The van der Waals surface area contributed by atoms with Gasteiger partial charge >= 0.3 is 6.18 Å². The highest BCUT2D eigenvalue weighted by Crippen LogP contribution is 2.22. The van der Waals surface area contributed by atoms with Crippen molar-refractivity contribution in [1.82, 2.24) is 4.90 Å². The van der Waals surface area contributed by atoms with E-state index in [0.717, 1.165) is 12.8 Å². The van der Waals surface area contributed by atoms with Crippen LogP contribution < -0.4 is 5.73 Å². The molecule has 5 heteroatoms. The van der Waals surface area contributed by atoms with Gasteiger partial charge in [0.15, 0.2) is 0 Å². The van der Waals surface area contributed by atoms with Crippen molar-refractivity contribution in [2.75, 3.05) is 13.1 Å². The molecule has 1 heterocycles. The van der Waals surface area contributed by atoms with Gasteiger partial charge in [0, 0.05) is 18.6 Å². The van der Waals surface area contributed by atoms with Gasteiger partial charge in [-0.05, 0) is 19.8 Å². The van der Waals surface area contributed by atoms with E-state index in [0.29, 0.717) is 6.54 Å². The second kappa shape index (κ2) is 3.84. The van der Waals surface area contributed by atoms with Crippen LogP contribution >= 0.6 is 0 Å². The Morgan fingerprint density at radius 3 is 2.54 bits per heavy atom. The summed E-state index contributed by atoms with van der Waals surface area (Å²) in [4.78, 5) is 1.41. The van der Waals surface area contributed by atoms with Crippen LogP contribution in [0, 0.1) is 0 Å². The Hall–Kier alpha value is -0.290. The number of hydrogen-bond donors (Lipinski definition) is 1. The first-order valence-corrected chi connectivity index (χ1v) is 4.45. The van der Waals surface area contributed by atoms with E-state index < -0.39 is 12.7 Å². The van der Waals surface area contributed by atoms with Crippen LogP contribution in [0.5, 0.6) is 0 Å². The lowest BCUT2D eigenvalue weighted by atomic mass is 10.0. The van der Waals surface area contributed by atoms with E-state index in [1.54, 1.807) is 0 Å². The van der Waals surface area contributed by atoms with Crippen molar-refractivity contribution in [3.05, 3.63) is 0 Å². The monoisotopic (exact) mass is 196 g/mol. The summed E-state index contributed by atoms with van der Waals surface area (Å²) in [6.07, 6.45) is -2.52. The zero-order chi connectivity index (χ0) is 10.1. The standard InChI is InChI=1S/C8H15F3N2/c1-6-2-3-7(12)4-13(6)5-8(9,10)11/h6-7H,2-5,12H2,1H3. The molecule has 78 valence electrons. The molecule has 1 saturated heterocycles. The smallest absolute Gasteiger partial charge is 0.327 e. The summed E-state index contributed by atoms with van der Waals surface area (Å²) in [5.74, 6) is 0. The van der Waals surface area contributed by atoms with Gasteiger partial charge < -0.3 is 5.73 Å². The Balaban J connectivity index is 2.47. The Bertz CT molecular complexity index is 169. The number of rotatable bonds is 1. The van der Waals surface area contributed by atoms with E-state index in [4.69, 9.17) is 5.73 Å². The van der Waals surface area contributed by atoms with Crippen molar-refractivity contribution in [2.45, 2.75) is 38.0 Å². The molecular formula is C8H15F3N2. The topological polar surface area (TPSA) is 29.3 Å². The van der Waals surface area contributed by atoms with Crippen molar-refractivity contribution in [3.8, 4) is 0 Å². The highest BCUT2D eigenvalue weighted by Gasteiger charge is 2.34. The van der Waals surface area contributed by atoms with Crippen LogP contribution in [0.4, 0.5) is 13.2 Å². The molecule has 13 heavy (non-hydrogen) atoms. The number of likely N-dealkylation sites (tertiary alicyclic amines) is 1. The normalized spacial score (nSPS) is 32.1. The maximum Gasteiger partial charge on any atom is 0.401 e. The molecule has 0 bridgehead atoms. The third-order valence-electron chi connectivity index (χ3n) is 2.43. The first kappa shape index (κ1) is 10.8. The molecular weight excluding hydrogens is 181 g/mol. The van der Waals surface area contributed by atoms with Crippen LogP contribution in [-0.2, 0) is 0 Å². The number of nitrogens with zero attached hydrogens (tertiary/aromatic N) is 1. The van der Waals surface area contributed by atoms with Crippen LogP contribution in [0.15, 0.2) is 0 Å². The molecule has 1 aliphatic heterocycles. The van der Waals surface area contributed by atoms with Crippen LogP contribution in [-0.4, -0.2) is 36.2 Å². The van der Waals surface area contributed by atoms with Crippen molar-refractivity contribution in [3.63, 3.8) is 0 Å². The maximum atomic E-state index is 12.1. The predicted octanol–water partition coefficient (Wildman–Crippen LogP) is 1.36. The minimum absolute atomic E-state index is 0.00132. The van der Waals surface area contributed by atoms with Gasteiger partial charge in [-0.15, -0.1) is 0 Å². The second-order valence-corrected chi connectivity index (χ2v) is 3.73. The first-order valence-electron chi connectivity index (χ1n) is 4.45. The molecule has 2 atom stereocenters. The van der Waals surface area contributed by atoms with Gasteiger partial charge in [-0.2, -0.15) is 13.2 Å². The summed E-state index contributed by atoms with van der Waals surface area (Å²) in [6, 6.07) is -0.0972. The largest absolute Gasteiger partial charge is 0.401 e. The zero-order valence-corrected chi connectivity index (χ0v) is 7.64. The van der Waals surface area contributed by atoms with Gasteiger partial charge in [-0.1, -0.05) is 0 Å². The van der Waals surface area contributed by atoms with Gasteiger partial charge in [0.05, 0.1) is 6.54 Å². The fourth-order valence-electron chi connectivity index (χ4n) is 1.66. The number of halogens is 3. The van der Waals surface area contributed by atoms with Gasteiger partial charge in [-0.3, -0.25) is 4.90 Å². The maximum absolute atomic E-state index is 12.1. The third kappa shape index (κ3) is 3.52. The summed E-state index contributed by atoms with van der Waals surface area (Å²) in [5, 5.41) is 0. The van der Waals surface area contributed by atoms with Gasteiger partial charge in [0.2, 0.25) is 0 Å². The molecule has 1 fully saturated rings. The molecule has 0 spiro atoms. The van der Waals surface area contributed by atoms with E-state index in [1.807, 2.05) is 6.92 Å². The lowest BCUT2D eigenvalue weighted by molar-refractivity contribution is -0.153. The summed E-state index contributed by atoms with van der Waals surface area (Å²) in [7, 11) is 0. The summed E-state index contributed by atoms with van der Waals surface area (Å²) < 4.78 is 36.2. The van der Waals surface area contributed by atoms with E-state index in [-0.39, 0.29) is 12.1 Å². The Morgan fingerprint density at radius 1 is 1.38 bits per heavy atom. The lowest BCUT2D eigenvalue weighted by Gasteiger charge is -2.36. The number of piperidine rings is 1. The van der Waals surface area contributed by atoms with Crippen LogP contribution in [0.25, 0.3) is 0 Å². The fourth-order valence-corrected chi connectivity index (χ4v) is 1.66. The summed E-state index contributed by atoms with van der Waals surface area (Å²) in [6.45, 7) is 1.35. The minimum Gasteiger partial charge on any atom is -0.327 e. The Morgan fingerprint density at radius 2 is 2.00 bits per heavy atom. The molecule has 1 aliphatic rings. The van der Waals surface area contributed by atoms with Crippen molar-refractivity contribution in [1.29, 1.82) is 0 Å². The van der Waals surface area contributed by atoms with Crippen molar-refractivity contribution < 1.29 is 13.2 Å². The number of nitrogens with two attached hydrogens (primary N) is 1. The van der Waals surface area contributed by atoms with E-state index in [2.05, 4.69) is 0 Å². The number of alkyl halides is 3. The molecule has 2 nitrogen and oxygen atoms in total. The quantitative estimate of drug-likeness (QED) is 0.686. The lowest BCUT2D eigenvalue weighted by Crippen LogP contribution is -2.50. The second-order valence-electron chi connectivity index (χ2n) is 3.73. The molecule has 0 aromatic carbocycles. The highest BCUT2D eigenvalue weighted by molar-refractivity contribution is 4.81. The molecule has 0 saturated carbocycles. The van der Waals surface area contributed by atoms with Crippen molar-refractivity contribution in [2.24, 2.45) is 5.73 Å². The van der Waals surface area contributed by atoms with E-state index >= 15 is 0 Å². The highest BCUT2D eigenvalue weighted by atomic mass is 19.4. The average Bonchev–Trinajstić information content (AvgIpc) is 1.94. The molecule has 2 unspecified atom stereocenters. The molecule has 0 aliphatic carbocycles. The average molecular weight is 196 g/mol. The van der Waals surface area contributed by atoms with E-state index in [9.17, 15) is 13.2 Å². The van der Waals surface area contributed by atoms with Crippen molar-refractivity contribution >= 4 is 0 Å². The Labute approximate surface area is 75.9 Å². The molecule has 0 aromatic rings. The molecule has 0 aromatic heterocycles. The van der Waals surface area contributed by atoms with E-state index in [1.165, 1.54) is 4.90 Å². The van der Waals surface area contributed by atoms with Crippen LogP contribution in [0.3, 0.4) is 0 Å². The predicted molar refractivity (Wildman–Crippen MR) is 44.3 cm³/mol. The summed E-state index contributed by atoms with van der Waals surface area (Å²) in [5.41, 5.74) is 5.60. The third-order valence-corrected chi connectivity index (χ3v) is 2.43. The fraction of sp³-hybridized carbons (Fsp3) is 1.00. The van der Waals surface area contributed by atoms with Crippen LogP contribution in [0.2, 0.25) is 0 Å². The minimum atomic E-state index is -4.11.